The van der Waals surface area contributed by atoms with E-state index in [0.717, 1.165) is 63.9 Å². The molecule has 3 aromatic carbocycles. The lowest BCUT2D eigenvalue weighted by atomic mass is 9.88. The van der Waals surface area contributed by atoms with E-state index in [1.807, 2.05) is 25.1 Å². The maximum absolute atomic E-state index is 13.0. The fourth-order valence-electron chi connectivity index (χ4n) is 4.33. The van der Waals surface area contributed by atoms with E-state index in [4.69, 9.17) is 9.47 Å². The molecule has 1 fully saturated rings. The van der Waals surface area contributed by atoms with Crippen LogP contribution in [0.1, 0.15) is 42.6 Å². The second kappa shape index (κ2) is 10.9. The molecular weight excluding hydrogens is 436 g/mol. The molecule has 184 valence electrons. The number of hydrogen-bond donors (Lipinski definition) is 2. The van der Waals surface area contributed by atoms with Crippen LogP contribution in [-0.4, -0.2) is 33.3 Å². The SMILES string of the molecule is COC(=O)c1c(-c2ccc(NCC3CC3)cc2)cc(OC)c(-c2ccc(NCC(C)C)cc2)c1C. The van der Waals surface area contributed by atoms with Gasteiger partial charge in [0.25, 0.3) is 0 Å². The van der Waals surface area contributed by atoms with Crippen molar-refractivity contribution in [2.45, 2.75) is 33.6 Å². The third-order valence-electron chi connectivity index (χ3n) is 6.53. The van der Waals surface area contributed by atoms with E-state index in [1.54, 1.807) is 7.11 Å². The molecule has 0 bridgehead atoms. The summed E-state index contributed by atoms with van der Waals surface area (Å²) in [6, 6.07) is 18.4. The van der Waals surface area contributed by atoms with Crippen molar-refractivity contribution < 1.29 is 14.3 Å². The van der Waals surface area contributed by atoms with Crippen molar-refractivity contribution in [3.8, 4) is 28.0 Å². The summed E-state index contributed by atoms with van der Waals surface area (Å²) >= 11 is 0. The van der Waals surface area contributed by atoms with E-state index in [-0.39, 0.29) is 5.97 Å². The number of benzene rings is 3. The summed E-state index contributed by atoms with van der Waals surface area (Å²) in [7, 11) is 3.10. The number of esters is 1. The first kappa shape index (κ1) is 24.6. The molecule has 0 spiro atoms. The van der Waals surface area contributed by atoms with Gasteiger partial charge in [-0.05, 0) is 78.6 Å². The first-order valence-electron chi connectivity index (χ1n) is 12.4. The molecule has 0 atom stereocenters. The number of hydrogen-bond acceptors (Lipinski definition) is 5. The zero-order valence-electron chi connectivity index (χ0n) is 21.4. The summed E-state index contributed by atoms with van der Waals surface area (Å²) in [4.78, 5) is 13.0. The van der Waals surface area contributed by atoms with Gasteiger partial charge in [0.1, 0.15) is 5.75 Å². The Bertz CT molecular complexity index is 1160. The predicted molar refractivity (Wildman–Crippen MR) is 144 cm³/mol. The fourth-order valence-corrected chi connectivity index (χ4v) is 4.33. The highest BCUT2D eigenvalue weighted by atomic mass is 16.5. The quantitative estimate of drug-likeness (QED) is 0.311. The van der Waals surface area contributed by atoms with Gasteiger partial charge in [0.15, 0.2) is 0 Å². The molecule has 5 heteroatoms. The van der Waals surface area contributed by atoms with Gasteiger partial charge in [0.2, 0.25) is 0 Å². The summed E-state index contributed by atoms with van der Waals surface area (Å²) in [6.07, 6.45) is 2.63. The lowest BCUT2D eigenvalue weighted by Crippen LogP contribution is -2.09. The molecule has 1 aliphatic carbocycles. The molecule has 0 aromatic heterocycles. The molecule has 2 N–H and O–H groups in total. The molecule has 35 heavy (non-hydrogen) atoms. The lowest BCUT2D eigenvalue weighted by Gasteiger charge is -2.20. The highest BCUT2D eigenvalue weighted by Gasteiger charge is 2.24. The van der Waals surface area contributed by atoms with E-state index in [0.29, 0.717) is 11.5 Å². The van der Waals surface area contributed by atoms with Crippen LogP contribution in [0.4, 0.5) is 11.4 Å². The van der Waals surface area contributed by atoms with Crippen LogP contribution in [0.15, 0.2) is 54.6 Å². The standard InChI is InChI=1S/C30H36N2O3/c1-19(2)17-31-24-14-10-23(11-15-24)28-20(3)29(30(33)35-5)26(16-27(28)34-4)22-8-12-25(13-9-22)32-18-21-6-7-21/h8-16,19,21,31-32H,6-7,17-18H2,1-5H3. The molecule has 0 radical (unpaired) electrons. The Morgan fingerprint density at radius 2 is 1.54 bits per heavy atom. The predicted octanol–water partition coefficient (Wildman–Crippen LogP) is 7.01. The third kappa shape index (κ3) is 5.79. The smallest absolute Gasteiger partial charge is 0.338 e. The normalized spacial score (nSPS) is 13.0. The molecule has 0 aliphatic heterocycles. The van der Waals surface area contributed by atoms with Gasteiger partial charge in [-0.1, -0.05) is 38.1 Å². The van der Waals surface area contributed by atoms with Crippen molar-refractivity contribution in [3.05, 3.63) is 65.7 Å². The van der Waals surface area contributed by atoms with Gasteiger partial charge >= 0.3 is 5.97 Å². The zero-order chi connectivity index (χ0) is 24.9. The number of nitrogens with one attached hydrogen (secondary N) is 2. The van der Waals surface area contributed by atoms with Crippen LogP contribution in [0, 0.1) is 18.8 Å². The Morgan fingerprint density at radius 1 is 0.943 bits per heavy atom. The van der Waals surface area contributed by atoms with Gasteiger partial charge in [-0.25, -0.2) is 4.79 Å². The second-order valence-electron chi connectivity index (χ2n) is 9.75. The minimum absolute atomic E-state index is 0.354. The van der Waals surface area contributed by atoms with Crippen LogP contribution in [0.3, 0.4) is 0 Å². The van der Waals surface area contributed by atoms with Gasteiger partial charge < -0.3 is 20.1 Å². The molecule has 0 saturated heterocycles. The lowest BCUT2D eigenvalue weighted by molar-refractivity contribution is 0.0601. The van der Waals surface area contributed by atoms with Crippen molar-refractivity contribution in [2.24, 2.45) is 11.8 Å². The van der Waals surface area contributed by atoms with Crippen LogP contribution in [0.5, 0.6) is 5.75 Å². The number of methoxy groups -OCH3 is 2. The maximum atomic E-state index is 13.0. The van der Waals surface area contributed by atoms with Crippen LogP contribution in [-0.2, 0) is 4.74 Å². The number of rotatable bonds is 10. The Morgan fingerprint density at radius 3 is 2.09 bits per heavy atom. The number of ether oxygens (including phenoxy) is 2. The molecule has 0 heterocycles. The fraction of sp³-hybridized carbons (Fsp3) is 0.367. The highest BCUT2D eigenvalue weighted by molar-refractivity contribution is 6.02. The van der Waals surface area contributed by atoms with Crippen molar-refractivity contribution in [1.82, 2.24) is 0 Å². The minimum Gasteiger partial charge on any atom is -0.496 e. The second-order valence-corrected chi connectivity index (χ2v) is 9.75. The van der Waals surface area contributed by atoms with Crippen LogP contribution >= 0.6 is 0 Å². The van der Waals surface area contributed by atoms with E-state index in [1.165, 1.54) is 20.0 Å². The first-order chi connectivity index (χ1) is 16.9. The summed E-state index contributed by atoms with van der Waals surface area (Å²) in [5, 5.41) is 6.94. The number of carbonyl (C=O) groups is 1. The molecule has 0 amide bonds. The average Bonchev–Trinajstić information content (AvgIpc) is 3.70. The van der Waals surface area contributed by atoms with Gasteiger partial charge in [0.05, 0.1) is 19.8 Å². The van der Waals surface area contributed by atoms with E-state index < -0.39 is 0 Å². The molecule has 0 unspecified atom stereocenters. The molecular formula is C30H36N2O3. The van der Waals surface area contributed by atoms with Gasteiger partial charge in [-0.15, -0.1) is 0 Å². The van der Waals surface area contributed by atoms with Crippen molar-refractivity contribution >= 4 is 17.3 Å². The van der Waals surface area contributed by atoms with Gasteiger partial charge in [-0.3, -0.25) is 0 Å². The first-order valence-corrected chi connectivity index (χ1v) is 12.4. The monoisotopic (exact) mass is 472 g/mol. The van der Waals surface area contributed by atoms with Crippen LogP contribution in [0.2, 0.25) is 0 Å². The molecule has 5 nitrogen and oxygen atoms in total. The van der Waals surface area contributed by atoms with Crippen molar-refractivity contribution in [1.29, 1.82) is 0 Å². The van der Waals surface area contributed by atoms with Crippen LogP contribution in [0.25, 0.3) is 22.3 Å². The average molecular weight is 473 g/mol. The van der Waals surface area contributed by atoms with Gasteiger partial charge in [0, 0.05) is 35.6 Å². The maximum Gasteiger partial charge on any atom is 0.338 e. The summed E-state index contributed by atoms with van der Waals surface area (Å²) in [5.41, 5.74) is 7.20. The molecule has 3 aromatic rings. The molecule has 1 saturated carbocycles. The Kier molecular flexibility index (Phi) is 7.64. The number of anilines is 2. The molecule has 4 rings (SSSR count). The van der Waals surface area contributed by atoms with Crippen molar-refractivity contribution in [2.75, 3.05) is 37.9 Å². The largest absolute Gasteiger partial charge is 0.496 e. The van der Waals surface area contributed by atoms with Gasteiger partial charge in [-0.2, -0.15) is 0 Å². The Hall–Kier alpha value is -3.47. The summed E-state index contributed by atoms with van der Waals surface area (Å²) in [5.74, 6) is 1.74. The highest BCUT2D eigenvalue weighted by Crippen LogP contribution is 2.41. The topological polar surface area (TPSA) is 59.6 Å². The Labute approximate surface area is 208 Å². The van der Waals surface area contributed by atoms with E-state index in [9.17, 15) is 4.79 Å². The molecule has 1 aliphatic rings. The zero-order valence-corrected chi connectivity index (χ0v) is 21.4. The summed E-state index contributed by atoms with van der Waals surface area (Å²) in [6.45, 7) is 8.26. The minimum atomic E-state index is -0.354. The Balaban J connectivity index is 1.72. The third-order valence-corrected chi connectivity index (χ3v) is 6.53. The van der Waals surface area contributed by atoms with E-state index >= 15 is 0 Å². The van der Waals surface area contributed by atoms with Crippen LogP contribution < -0.4 is 15.4 Å². The summed E-state index contributed by atoms with van der Waals surface area (Å²) < 4.78 is 11.0. The van der Waals surface area contributed by atoms with E-state index in [2.05, 4.69) is 60.9 Å². The number of carbonyl (C=O) groups excluding carboxylic acids is 1. The van der Waals surface area contributed by atoms with Crippen molar-refractivity contribution in [3.63, 3.8) is 0 Å².